The van der Waals surface area contributed by atoms with Crippen LogP contribution >= 0.6 is 0 Å². The van der Waals surface area contributed by atoms with E-state index in [2.05, 4.69) is 36.2 Å². The molecule has 0 spiro atoms. The number of hydrogen-bond donors (Lipinski definition) is 1. The van der Waals surface area contributed by atoms with Gasteiger partial charge in [-0.2, -0.15) is 0 Å². The molecule has 1 fully saturated rings. The lowest BCUT2D eigenvalue weighted by molar-refractivity contribution is 0.0301. The zero-order chi connectivity index (χ0) is 15.7. The molecule has 4 nitrogen and oxygen atoms in total. The van der Waals surface area contributed by atoms with E-state index in [1.807, 2.05) is 13.0 Å². The van der Waals surface area contributed by atoms with Crippen LogP contribution in [0.2, 0.25) is 0 Å². The quantitative estimate of drug-likeness (QED) is 0.867. The fraction of sp³-hybridized carbons (Fsp3) is 0.611. The minimum atomic E-state index is -0.176. The fourth-order valence-corrected chi connectivity index (χ4v) is 3.68. The van der Waals surface area contributed by atoms with Crippen LogP contribution in [-0.2, 0) is 17.6 Å². The summed E-state index contributed by atoms with van der Waals surface area (Å²) >= 11 is 0. The number of carbonyl (C=O) groups is 1. The first-order chi connectivity index (χ1) is 10.5. The Balaban J connectivity index is 1.64. The maximum Gasteiger partial charge on any atom is 0.338 e. The molecule has 1 saturated heterocycles. The van der Waals surface area contributed by atoms with Gasteiger partial charge in [0.15, 0.2) is 0 Å². The van der Waals surface area contributed by atoms with E-state index < -0.39 is 0 Å². The number of fused-ring (bicyclic) bond motifs is 1. The van der Waals surface area contributed by atoms with E-state index in [0.29, 0.717) is 12.1 Å². The Morgan fingerprint density at radius 3 is 2.68 bits per heavy atom. The molecule has 22 heavy (non-hydrogen) atoms. The van der Waals surface area contributed by atoms with Gasteiger partial charge < -0.3 is 10.1 Å². The third-order valence-electron chi connectivity index (χ3n) is 4.56. The summed E-state index contributed by atoms with van der Waals surface area (Å²) in [6.07, 6.45) is 1.86. The SMILES string of the molecule is CC1Cc2cc(CCN3C[C@@H](C)N[C@@H](C)C3)ccc2C(=O)O1. The summed E-state index contributed by atoms with van der Waals surface area (Å²) in [6, 6.07) is 7.32. The topological polar surface area (TPSA) is 41.6 Å². The van der Waals surface area contributed by atoms with Crippen molar-refractivity contribution in [3.63, 3.8) is 0 Å². The molecule has 1 aromatic rings. The molecule has 1 aromatic carbocycles. The van der Waals surface area contributed by atoms with E-state index >= 15 is 0 Å². The predicted molar refractivity (Wildman–Crippen MR) is 87.2 cm³/mol. The molecule has 1 N–H and O–H groups in total. The Kier molecular flexibility index (Phi) is 4.50. The highest BCUT2D eigenvalue weighted by atomic mass is 16.5. The second-order valence-corrected chi connectivity index (χ2v) is 6.89. The van der Waals surface area contributed by atoms with Crippen molar-refractivity contribution in [1.29, 1.82) is 0 Å². The Hall–Kier alpha value is -1.39. The molecule has 0 radical (unpaired) electrons. The highest BCUT2D eigenvalue weighted by molar-refractivity contribution is 5.92. The first-order valence-corrected chi connectivity index (χ1v) is 8.32. The van der Waals surface area contributed by atoms with Gasteiger partial charge in [0.25, 0.3) is 0 Å². The third kappa shape index (κ3) is 3.50. The van der Waals surface area contributed by atoms with Crippen LogP contribution in [0.4, 0.5) is 0 Å². The van der Waals surface area contributed by atoms with Crippen molar-refractivity contribution >= 4 is 5.97 Å². The average molecular weight is 302 g/mol. The minimum Gasteiger partial charge on any atom is -0.459 e. The largest absolute Gasteiger partial charge is 0.459 e. The van der Waals surface area contributed by atoms with Crippen LogP contribution in [0.15, 0.2) is 18.2 Å². The summed E-state index contributed by atoms with van der Waals surface area (Å²) in [5.41, 5.74) is 3.20. The minimum absolute atomic E-state index is 0.00915. The lowest BCUT2D eigenvalue weighted by atomic mass is 9.96. The summed E-state index contributed by atoms with van der Waals surface area (Å²) in [4.78, 5) is 14.4. The van der Waals surface area contributed by atoms with Crippen LogP contribution in [0.25, 0.3) is 0 Å². The van der Waals surface area contributed by atoms with E-state index in [9.17, 15) is 4.79 Å². The number of hydrogen-bond acceptors (Lipinski definition) is 4. The van der Waals surface area contributed by atoms with E-state index in [1.54, 1.807) is 0 Å². The second-order valence-electron chi connectivity index (χ2n) is 6.89. The van der Waals surface area contributed by atoms with E-state index in [1.165, 1.54) is 5.56 Å². The molecule has 0 bridgehead atoms. The van der Waals surface area contributed by atoms with Gasteiger partial charge >= 0.3 is 5.97 Å². The van der Waals surface area contributed by atoms with Gasteiger partial charge in [-0.3, -0.25) is 4.90 Å². The van der Waals surface area contributed by atoms with Crippen LogP contribution in [-0.4, -0.2) is 48.7 Å². The monoisotopic (exact) mass is 302 g/mol. The summed E-state index contributed by atoms with van der Waals surface area (Å²) in [5.74, 6) is -0.176. The predicted octanol–water partition coefficient (Wildman–Crippen LogP) is 2.01. The Bertz CT molecular complexity index is 548. The van der Waals surface area contributed by atoms with Gasteiger partial charge in [0.2, 0.25) is 0 Å². The smallest absolute Gasteiger partial charge is 0.338 e. The molecule has 3 atom stereocenters. The molecular formula is C18H26N2O2. The zero-order valence-electron chi connectivity index (χ0n) is 13.8. The first kappa shape index (κ1) is 15.5. The highest BCUT2D eigenvalue weighted by Crippen LogP contribution is 2.22. The molecular weight excluding hydrogens is 276 g/mol. The van der Waals surface area contributed by atoms with Gasteiger partial charge in [-0.15, -0.1) is 0 Å². The third-order valence-corrected chi connectivity index (χ3v) is 4.56. The summed E-state index contributed by atoms with van der Waals surface area (Å²) < 4.78 is 5.28. The van der Waals surface area contributed by atoms with Gasteiger partial charge in [-0.1, -0.05) is 12.1 Å². The Morgan fingerprint density at radius 1 is 1.23 bits per heavy atom. The number of carbonyl (C=O) groups excluding carboxylic acids is 1. The standard InChI is InChI=1S/C18H26N2O2/c1-12-10-20(11-13(2)19-12)7-6-15-4-5-17-16(9-15)8-14(3)22-18(17)21/h4-5,9,12-14,19H,6-8,10-11H2,1-3H3/t12-,13+,14?. The van der Waals surface area contributed by atoms with Crippen molar-refractivity contribution in [2.24, 2.45) is 0 Å². The van der Waals surface area contributed by atoms with Crippen LogP contribution < -0.4 is 5.32 Å². The maximum absolute atomic E-state index is 11.8. The molecule has 2 heterocycles. The van der Waals surface area contributed by atoms with Gasteiger partial charge in [-0.25, -0.2) is 4.79 Å². The number of rotatable bonds is 3. The molecule has 1 unspecified atom stereocenters. The number of cyclic esters (lactones) is 1. The van der Waals surface area contributed by atoms with Gasteiger partial charge in [0.1, 0.15) is 6.10 Å². The van der Waals surface area contributed by atoms with Crippen molar-refractivity contribution in [3.8, 4) is 0 Å². The molecule has 2 aliphatic rings. The Morgan fingerprint density at radius 2 is 1.95 bits per heavy atom. The Labute approximate surface area is 132 Å². The second kappa shape index (κ2) is 6.39. The number of benzene rings is 1. The molecule has 0 saturated carbocycles. The van der Waals surface area contributed by atoms with Gasteiger partial charge in [-0.05, 0) is 44.4 Å². The molecule has 0 aromatic heterocycles. The lowest BCUT2D eigenvalue weighted by Crippen LogP contribution is -2.54. The van der Waals surface area contributed by atoms with Crippen molar-refractivity contribution in [3.05, 3.63) is 34.9 Å². The van der Waals surface area contributed by atoms with Crippen LogP contribution in [0.3, 0.4) is 0 Å². The number of piperazine rings is 1. The van der Waals surface area contributed by atoms with Crippen molar-refractivity contribution in [2.45, 2.75) is 51.8 Å². The molecule has 3 rings (SSSR count). The molecule has 2 aliphatic heterocycles. The number of esters is 1. The summed E-state index contributed by atoms with van der Waals surface area (Å²) in [6.45, 7) is 9.74. The molecule has 4 heteroatoms. The number of nitrogens with one attached hydrogen (secondary N) is 1. The van der Waals surface area contributed by atoms with E-state index in [-0.39, 0.29) is 12.1 Å². The van der Waals surface area contributed by atoms with Crippen LogP contribution in [0.1, 0.15) is 42.3 Å². The summed E-state index contributed by atoms with van der Waals surface area (Å²) in [5, 5.41) is 3.56. The molecule has 120 valence electrons. The van der Waals surface area contributed by atoms with Crippen molar-refractivity contribution < 1.29 is 9.53 Å². The highest BCUT2D eigenvalue weighted by Gasteiger charge is 2.24. The van der Waals surface area contributed by atoms with Crippen LogP contribution in [0, 0.1) is 0 Å². The number of ether oxygens (including phenoxy) is 1. The normalized spacial score (nSPS) is 29.0. The molecule has 0 amide bonds. The number of nitrogens with zero attached hydrogens (tertiary/aromatic N) is 1. The molecule has 0 aliphatic carbocycles. The van der Waals surface area contributed by atoms with Gasteiger partial charge in [0, 0.05) is 38.1 Å². The maximum atomic E-state index is 11.8. The van der Waals surface area contributed by atoms with Crippen molar-refractivity contribution in [2.75, 3.05) is 19.6 Å². The van der Waals surface area contributed by atoms with E-state index in [0.717, 1.165) is 43.6 Å². The summed E-state index contributed by atoms with van der Waals surface area (Å²) in [7, 11) is 0. The lowest BCUT2D eigenvalue weighted by Gasteiger charge is -2.36. The van der Waals surface area contributed by atoms with E-state index in [4.69, 9.17) is 4.74 Å². The average Bonchev–Trinajstić information content (AvgIpc) is 2.43. The van der Waals surface area contributed by atoms with Crippen LogP contribution in [0.5, 0.6) is 0 Å². The van der Waals surface area contributed by atoms with Gasteiger partial charge in [0.05, 0.1) is 5.56 Å². The first-order valence-electron chi connectivity index (χ1n) is 8.32. The zero-order valence-corrected chi connectivity index (χ0v) is 13.8. The fourth-order valence-electron chi connectivity index (χ4n) is 3.68. The van der Waals surface area contributed by atoms with Crippen molar-refractivity contribution in [1.82, 2.24) is 10.2 Å².